The lowest BCUT2D eigenvalue weighted by atomic mass is 9.80. The number of carbonyl (C=O) groups excluding carboxylic acids is 1. The van der Waals surface area contributed by atoms with Gasteiger partial charge in [0.25, 0.3) is 0 Å². The standard InChI is InChI=1S/C14H10IN3O/c15-9-4-8-5-14(6-11(8)17-7-9)10-2-1-3-16-12(10)18-13(14)19/h1-4,7H,5-6H2,(H,16,18,19)/t14-/m0/s1. The Morgan fingerprint density at radius 3 is 3.11 bits per heavy atom. The van der Waals surface area contributed by atoms with E-state index in [9.17, 15) is 4.79 Å². The Morgan fingerprint density at radius 1 is 1.32 bits per heavy atom. The van der Waals surface area contributed by atoms with Crippen LogP contribution in [0.1, 0.15) is 16.8 Å². The smallest absolute Gasteiger partial charge is 0.237 e. The first-order chi connectivity index (χ1) is 9.19. The number of fused-ring (bicyclic) bond motifs is 3. The predicted octanol–water partition coefficient (Wildman–Crippen LogP) is 2.07. The summed E-state index contributed by atoms with van der Waals surface area (Å²) in [5.74, 6) is 0.754. The molecular formula is C14H10IN3O. The Morgan fingerprint density at radius 2 is 2.21 bits per heavy atom. The first-order valence-electron chi connectivity index (χ1n) is 6.09. The van der Waals surface area contributed by atoms with Crippen molar-refractivity contribution in [2.24, 2.45) is 0 Å². The molecule has 1 amide bonds. The number of aromatic nitrogens is 2. The maximum atomic E-state index is 12.4. The molecule has 1 spiro atoms. The Kier molecular flexibility index (Phi) is 2.24. The molecular weight excluding hydrogens is 353 g/mol. The molecule has 4 nitrogen and oxygen atoms in total. The quantitative estimate of drug-likeness (QED) is 0.730. The second kappa shape index (κ2) is 3.75. The SMILES string of the molecule is O=C1Nc2ncccc2[C@@]12Cc1cc(I)cnc1C2. The molecule has 94 valence electrons. The molecule has 0 aromatic carbocycles. The molecule has 1 atom stereocenters. The number of pyridine rings is 2. The molecule has 4 rings (SSSR count). The van der Waals surface area contributed by atoms with Crippen LogP contribution in [0.15, 0.2) is 30.6 Å². The van der Waals surface area contributed by atoms with Gasteiger partial charge in [-0.3, -0.25) is 9.78 Å². The van der Waals surface area contributed by atoms with Gasteiger partial charge in [0.05, 0.1) is 5.41 Å². The van der Waals surface area contributed by atoms with E-state index in [0.29, 0.717) is 12.2 Å². The Hall–Kier alpha value is -1.50. The van der Waals surface area contributed by atoms with Gasteiger partial charge in [-0.05, 0) is 46.7 Å². The molecule has 0 fully saturated rings. The van der Waals surface area contributed by atoms with Gasteiger partial charge in [0.1, 0.15) is 5.82 Å². The average molecular weight is 363 g/mol. The van der Waals surface area contributed by atoms with E-state index in [-0.39, 0.29) is 5.91 Å². The lowest BCUT2D eigenvalue weighted by molar-refractivity contribution is -0.120. The summed E-state index contributed by atoms with van der Waals surface area (Å²) in [5, 5.41) is 2.90. The van der Waals surface area contributed by atoms with Crippen LogP contribution in [-0.4, -0.2) is 15.9 Å². The third-order valence-corrected chi connectivity index (χ3v) is 4.57. The van der Waals surface area contributed by atoms with Crippen molar-refractivity contribution >= 4 is 34.3 Å². The minimum absolute atomic E-state index is 0.0502. The van der Waals surface area contributed by atoms with Crippen molar-refractivity contribution in [2.75, 3.05) is 5.32 Å². The van der Waals surface area contributed by atoms with Gasteiger partial charge in [-0.1, -0.05) is 6.07 Å². The lowest BCUT2D eigenvalue weighted by Gasteiger charge is -2.19. The molecule has 3 heterocycles. The molecule has 2 aliphatic rings. The first-order valence-corrected chi connectivity index (χ1v) is 7.17. The van der Waals surface area contributed by atoms with Crippen molar-refractivity contribution in [3.05, 3.63) is 51.0 Å². The van der Waals surface area contributed by atoms with E-state index >= 15 is 0 Å². The van der Waals surface area contributed by atoms with Crippen LogP contribution in [0, 0.1) is 3.57 Å². The van der Waals surface area contributed by atoms with Gasteiger partial charge in [0.2, 0.25) is 5.91 Å². The van der Waals surface area contributed by atoms with Crippen LogP contribution in [0.5, 0.6) is 0 Å². The molecule has 0 unspecified atom stereocenters. The normalized spacial score (nSPS) is 23.3. The largest absolute Gasteiger partial charge is 0.310 e. The van der Waals surface area contributed by atoms with E-state index in [2.05, 4.69) is 43.9 Å². The summed E-state index contributed by atoms with van der Waals surface area (Å²) in [6, 6.07) is 6.01. The van der Waals surface area contributed by atoms with Crippen LogP contribution in [0.3, 0.4) is 0 Å². The van der Waals surface area contributed by atoms with Crippen LogP contribution in [0.25, 0.3) is 0 Å². The van der Waals surface area contributed by atoms with Crippen molar-refractivity contribution in [3.8, 4) is 0 Å². The van der Waals surface area contributed by atoms with E-state index in [0.717, 1.165) is 21.2 Å². The molecule has 5 heteroatoms. The number of amides is 1. The van der Waals surface area contributed by atoms with Gasteiger partial charge in [-0.25, -0.2) is 4.98 Å². The number of rotatable bonds is 0. The maximum absolute atomic E-state index is 12.4. The van der Waals surface area contributed by atoms with E-state index in [1.807, 2.05) is 18.3 Å². The molecule has 1 aliphatic heterocycles. The number of nitrogens with zero attached hydrogens (tertiary/aromatic N) is 2. The topological polar surface area (TPSA) is 54.9 Å². The highest BCUT2D eigenvalue weighted by molar-refractivity contribution is 14.1. The zero-order chi connectivity index (χ0) is 13.0. The van der Waals surface area contributed by atoms with Gasteiger partial charge in [-0.2, -0.15) is 0 Å². The molecule has 0 saturated carbocycles. The Bertz CT molecular complexity index is 716. The number of hydrogen-bond acceptors (Lipinski definition) is 3. The summed E-state index contributed by atoms with van der Waals surface area (Å²) in [7, 11) is 0. The van der Waals surface area contributed by atoms with Gasteiger partial charge in [0.15, 0.2) is 0 Å². The summed E-state index contributed by atoms with van der Waals surface area (Å²) in [4.78, 5) is 21.2. The monoisotopic (exact) mass is 363 g/mol. The van der Waals surface area contributed by atoms with Crippen LogP contribution < -0.4 is 5.32 Å². The highest BCUT2D eigenvalue weighted by Crippen LogP contribution is 2.45. The number of halogens is 1. The van der Waals surface area contributed by atoms with Crippen molar-refractivity contribution in [1.82, 2.24) is 9.97 Å². The summed E-state index contributed by atoms with van der Waals surface area (Å²) < 4.78 is 1.11. The third-order valence-electron chi connectivity index (χ3n) is 3.98. The highest BCUT2D eigenvalue weighted by atomic mass is 127. The molecule has 1 aliphatic carbocycles. The second-order valence-electron chi connectivity index (χ2n) is 5.05. The summed E-state index contributed by atoms with van der Waals surface area (Å²) >= 11 is 2.25. The van der Waals surface area contributed by atoms with E-state index < -0.39 is 5.41 Å². The van der Waals surface area contributed by atoms with Crippen LogP contribution >= 0.6 is 22.6 Å². The molecule has 0 bridgehead atoms. The molecule has 19 heavy (non-hydrogen) atoms. The van der Waals surface area contributed by atoms with Crippen molar-refractivity contribution in [1.29, 1.82) is 0 Å². The number of carbonyl (C=O) groups is 1. The fourth-order valence-corrected chi connectivity index (χ4v) is 3.60. The van der Waals surface area contributed by atoms with Crippen molar-refractivity contribution < 1.29 is 4.79 Å². The zero-order valence-electron chi connectivity index (χ0n) is 9.98. The average Bonchev–Trinajstić information content (AvgIpc) is 2.90. The van der Waals surface area contributed by atoms with E-state index in [1.54, 1.807) is 6.20 Å². The molecule has 0 radical (unpaired) electrons. The van der Waals surface area contributed by atoms with Gasteiger partial charge in [-0.15, -0.1) is 0 Å². The predicted molar refractivity (Wildman–Crippen MR) is 78.9 cm³/mol. The maximum Gasteiger partial charge on any atom is 0.237 e. The van der Waals surface area contributed by atoms with E-state index in [4.69, 9.17) is 0 Å². The summed E-state index contributed by atoms with van der Waals surface area (Å²) in [6.45, 7) is 0. The lowest BCUT2D eigenvalue weighted by Crippen LogP contribution is -2.35. The van der Waals surface area contributed by atoms with Gasteiger partial charge < -0.3 is 5.32 Å². The van der Waals surface area contributed by atoms with Gasteiger partial charge in [0, 0.05) is 33.6 Å². The number of hydrogen-bond donors (Lipinski definition) is 1. The second-order valence-corrected chi connectivity index (χ2v) is 6.29. The Balaban J connectivity index is 1.88. The minimum Gasteiger partial charge on any atom is -0.310 e. The number of anilines is 1. The highest BCUT2D eigenvalue weighted by Gasteiger charge is 2.51. The first kappa shape index (κ1) is 11.3. The summed E-state index contributed by atoms with van der Waals surface area (Å²) in [5.41, 5.74) is 2.72. The molecule has 2 aromatic rings. The summed E-state index contributed by atoms with van der Waals surface area (Å²) in [6.07, 6.45) is 4.96. The van der Waals surface area contributed by atoms with Gasteiger partial charge >= 0.3 is 0 Å². The van der Waals surface area contributed by atoms with Crippen LogP contribution in [0.4, 0.5) is 5.82 Å². The fourth-order valence-electron chi connectivity index (χ4n) is 3.09. The van der Waals surface area contributed by atoms with Crippen molar-refractivity contribution in [3.63, 3.8) is 0 Å². The third kappa shape index (κ3) is 1.47. The van der Waals surface area contributed by atoms with Crippen LogP contribution in [0.2, 0.25) is 0 Å². The molecule has 2 aromatic heterocycles. The zero-order valence-corrected chi connectivity index (χ0v) is 12.1. The molecule has 1 N–H and O–H groups in total. The van der Waals surface area contributed by atoms with Crippen LogP contribution in [-0.2, 0) is 23.1 Å². The van der Waals surface area contributed by atoms with E-state index in [1.165, 1.54) is 5.56 Å². The minimum atomic E-state index is -0.497. The fraction of sp³-hybridized carbons (Fsp3) is 0.214. The molecule has 0 saturated heterocycles. The number of nitrogens with one attached hydrogen (secondary N) is 1. The van der Waals surface area contributed by atoms with Crippen molar-refractivity contribution in [2.45, 2.75) is 18.3 Å². The Labute approximate surface area is 123 Å².